The highest BCUT2D eigenvalue weighted by molar-refractivity contribution is 6.32. The van der Waals surface area contributed by atoms with Crippen LogP contribution < -0.4 is 0 Å². The van der Waals surface area contributed by atoms with Crippen molar-refractivity contribution in [3.8, 4) is 0 Å². The zero-order valence-electron chi connectivity index (χ0n) is 7.30. The van der Waals surface area contributed by atoms with Crippen LogP contribution in [0.5, 0.6) is 0 Å². The molecule has 0 saturated heterocycles. The average molecular weight is 184 g/mol. The largest absolute Gasteiger partial charge is 0.377 e. The Morgan fingerprint density at radius 2 is 2.17 bits per heavy atom. The van der Waals surface area contributed by atoms with E-state index in [9.17, 15) is 0 Å². The van der Waals surface area contributed by atoms with Gasteiger partial charge >= 0.3 is 0 Å². The smallest absolute Gasteiger partial charge is 0.0836 e. The first kappa shape index (κ1) is 9.56. The van der Waals surface area contributed by atoms with Crippen LogP contribution in [0.1, 0.15) is 17.2 Å². The Hall–Kier alpha value is -0.530. The van der Waals surface area contributed by atoms with Gasteiger partial charge < -0.3 is 4.74 Å². The summed E-state index contributed by atoms with van der Waals surface area (Å²) in [7, 11) is 1.62. The van der Waals surface area contributed by atoms with Crippen molar-refractivity contribution < 1.29 is 4.74 Å². The van der Waals surface area contributed by atoms with Gasteiger partial charge in [0.15, 0.2) is 0 Å². The average Bonchev–Trinajstić information content (AvgIpc) is 2.08. The second-order valence-corrected chi connectivity index (χ2v) is 3.08. The van der Waals surface area contributed by atoms with E-state index in [1.807, 2.05) is 25.1 Å². The molecule has 0 fully saturated rings. The third-order valence-electron chi connectivity index (χ3n) is 1.85. The van der Waals surface area contributed by atoms with Crippen molar-refractivity contribution in [2.75, 3.05) is 7.11 Å². The fourth-order valence-corrected chi connectivity index (χ4v) is 1.29. The van der Waals surface area contributed by atoms with Crippen molar-refractivity contribution in [1.29, 1.82) is 0 Å². The molecule has 0 aromatic heterocycles. The van der Waals surface area contributed by atoms with Crippen LogP contribution in [-0.4, -0.2) is 7.11 Å². The molecule has 65 valence electrons. The van der Waals surface area contributed by atoms with Crippen LogP contribution >= 0.6 is 11.6 Å². The number of methoxy groups -OCH3 is 1. The Morgan fingerprint density at radius 1 is 1.50 bits per heavy atom. The normalized spacial score (nSPS) is 13.0. The lowest BCUT2D eigenvalue weighted by Gasteiger charge is -2.12. The number of benzene rings is 1. The van der Waals surface area contributed by atoms with Crippen molar-refractivity contribution in [3.63, 3.8) is 0 Å². The van der Waals surface area contributed by atoms with Gasteiger partial charge in [-0.1, -0.05) is 29.8 Å². The zero-order valence-corrected chi connectivity index (χ0v) is 8.06. The lowest BCUT2D eigenvalue weighted by molar-refractivity contribution is 0.140. The van der Waals surface area contributed by atoms with Gasteiger partial charge in [-0.05, 0) is 25.0 Å². The molecular weight excluding hydrogens is 172 g/mol. The summed E-state index contributed by atoms with van der Waals surface area (Å²) in [6, 6.07) is 5.85. The maximum Gasteiger partial charge on any atom is 0.0836 e. The van der Waals surface area contributed by atoms with Gasteiger partial charge in [0.2, 0.25) is 0 Å². The molecule has 0 spiro atoms. The number of rotatable bonds is 2. The Labute approximate surface area is 78.3 Å². The van der Waals surface area contributed by atoms with Crippen LogP contribution in [-0.2, 0) is 4.74 Å². The number of ether oxygens (including phenoxy) is 1. The molecule has 1 unspecified atom stereocenters. The van der Waals surface area contributed by atoms with E-state index in [0.29, 0.717) is 0 Å². The molecular formula is C10H12ClO. The van der Waals surface area contributed by atoms with Gasteiger partial charge in [-0.2, -0.15) is 0 Å². The van der Waals surface area contributed by atoms with Crippen molar-refractivity contribution in [1.82, 2.24) is 0 Å². The molecule has 1 nitrogen and oxygen atoms in total. The van der Waals surface area contributed by atoms with Gasteiger partial charge in [0.1, 0.15) is 0 Å². The summed E-state index contributed by atoms with van der Waals surface area (Å²) in [6.07, 6.45) is -0.183. The highest BCUT2D eigenvalue weighted by atomic mass is 35.5. The molecule has 0 heterocycles. The molecule has 0 aliphatic rings. The molecule has 1 aromatic carbocycles. The minimum absolute atomic E-state index is 0.183. The summed E-state index contributed by atoms with van der Waals surface area (Å²) < 4.78 is 5.08. The highest BCUT2D eigenvalue weighted by Crippen LogP contribution is 2.26. The van der Waals surface area contributed by atoms with Crippen LogP contribution in [0.4, 0.5) is 0 Å². The monoisotopic (exact) mass is 183 g/mol. The quantitative estimate of drug-likeness (QED) is 0.685. The molecule has 0 bridgehead atoms. The first-order valence-corrected chi connectivity index (χ1v) is 4.15. The molecule has 2 heteroatoms. The molecule has 0 aliphatic carbocycles. The molecule has 1 atom stereocenters. The van der Waals surface area contributed by atoms with Crippen LogP contribution in [0.15, 0.2) is 18.2 Å². The van der Waals surface area contributed by atoms with Crippen molar-refractivity contribution in [3.05, 3.63) is 41.3 Å². The number of hydrogen-bond donors (Lipinski definition) is 0. The maximum absolute atomic E-state index is 6.05. The SMILES string of the molecule is [CH2]C(OC)c1cccc(C)c1Cl. The Morgan fingerprint density at radius 3 is 2.75 bits per heavy atom. The van der Waals surface area contributed by atoms with E-state index in [1.165, 1.54) is 0 Å². The predicted octanol–water partition coefficient (Wildman–Crippen LogP) is 3.17. The third kappa shape index (κ3) is 1.79. The van der Waals surface area contributed by atoms with E-state index in [-0.39, 0.29) is 6.10 Å². The van der Waals surface area contributed by atoms with Crippen molar-refractivity contribution in [2.24, 2.45) is 0 Å². The lowest BCUT2D eigenvalue weighted by atomic mass is 10.1. The molecule has 12 heavy (non-hydrogen) atoms. The molecule has 1 aromatic rings. The fraction of sp³-hybridized carbons (Fsp3) is 0.300. The molecule has 0 aliphatic heterocycles. The number of halogens is 1. The molecule has 0 amide bonds. The van der Waals surface area contributed by atoms with Gasteiger partial charge in [-0.15, -0.1) is 0 Å². The van der Waals surface area contributed by atoms with E-state index < -0.39 is 0 Å². The summed E-state index contributed by atoms with van der Waals surface area (Å²) in [5.41, 5.74) is 2.00. The predicted molar refractivity (Wildman–Crippen MR) is 51.3 cm³/mol. The Balaban J connectivity index is 3.07. The van der Waals surface area contributed by atoms with Gasteiger partial charge in [0.25, 0.3) is 0 Å². The van der Waals surface area contributed by atoms with Gasteiger partial charge in [0, 0.05) is 12.1 Å². The number of aryl methyl sites for hydroxylation is 1. The molecule has 0 saturated carbocycles. The first-order chi connectivity index (χ1) is 5.66. The molecule has 1 radical (unpaired) electrons. The Kier molecular flexibility index (Phi) is 3.12. The summed E-state index contributed by atoms with van der Waals surface area (Å²) in [4.78, 5) is 0. The van der Waals surface area contributed by atoms with Gasteiger partial charge in [0.05, 0.1) is 6.10 Å². The third-order valence-corrected chi connectivity index (χ3v) is 2.37. The molecule has 1 rings (SSSR count). The van der Waals surface area contributed by atoms with Gasteiger partial charge in [-0.25, -0.2) is 0 Å². The Bertz CT molecular complexity index is 271. The van der Waals surface area contributed by atoms with Crippen LogP contribution in [0.3, 0.4) is 0 Å². The topological polar surface area (TPSA) is 9.23 Å². The highest BCUT2D eigenvalue weighted by Gasteiger charge is 2.09. The van der Waals surface area contributed by atoms with Crippen LogP contribution in [0.2, 0.25) is 5.02 Å². The second kappa shape index (κ2) is 3.92. The van der Waals surface area contributed by atoms with E-state index in [1.54, 1.807) is 7.11 Å². The first-order valence-electron chi connectivity index (χ1n) is 3.77. The summed E-state index contributed by atoms with van der Waals surface area (Å²) in [6.45, 7) is 5.79. The zero-order chi connectivity index (χ0) is 9.14. The van der Waals surface area contributed by atoms with E-state index in [4.69, 9.17) is 16.3 Å². The van der Waals surface area contributed by atoms with E-state index in [2.05, 4.69) is 6.92 Å². The summed E-state index contributed by atoms with van der Waals surface area (Å²) in [5.74, 6) is 0. The number of hydrogen-bond acceptors (Lipinski definition) is 1. The summed E-state index contributed by atoms with van der Waals surface area (Å²) >= 11 is 6.05. The maximum atomic E-state index is 6.05. The second-order valence-electron chi connectivity index (χ2n) is 2.70. The van der Waals surface area contributed by atoms with Crippen molar-refractivity contribution in [2.45, 2.75) is 13.0 Å². The minimum Gasteiger partial charge on any atom is -0.377 e. The standard InChI is InChI=1S/C10H12ClO/c1-7-5-4-6-9(10(7)11)8(2)12-3/h4-6,8H,2H2,1,3H3. The van der Waals surface area contributed by atoms with Crippen LogP contribution in [0, 0.1) is 13.8 Å². The minimum atomic E-state index is -0.183. The van der Waals surface area contributed by atoms with Crippen molar-refractivity contribution >= 4 is 11.6 Å². The van der Waals surface area contributed by atoms with Crippen LogP contribution in [0.25, 0.3) is 0 Å². The fourth-order valence-electron chi connectivity index (χ4n) is 1.05. The molecule has 0 N–H and O–H groups in total. The van der Waals surface area contributed by atoms with E-state index in [0.717, 1.165) is 16.1 Å². The summed E-state index contributed by atoms with van der Waals surface area (Å²) in [5, 5.41) is 0.749. The van der Waals surface area contributed by atoms with Gasteiger partial charge in [-0.3, -0.25) is 0 Å². The van der Waals surface area contributed by atoms with E-state index >= 15 is 0 Å². The lowest BCUT2D eigenvalue weighted by Crippen LogP contribution is -1.97.